The maximum absolute atomic E-state index is 6.32. The lowest BCUT2D eigenvalue weighted by atomic mass is 10.0. The standard InChI is InChI=1S/C29H46N2O2.ClH/c1-3-5-7-9-12-28(30)24-14-18-26(19-15-24)32-22-11-23-33-27-20-16-25(17-21-27)29(31)13-10-8-6-4-2;/h14-21,28-29H,3-13,22-23,30-31H2,1-2H3;1H. The minimum absolute atomic E-state index is 0. The normalized spacial score (nSPS) is 12.6. The summed E-state index contributed by atoms with van der Waals surface area (Å²) in [5, 5.41) is 0. The van der Waals surface area contributed by atoms with E-state index < -0.39 is 0 Å². The van der Waals surface area contributed by atoms with Gasteiger partial charge in [-0.2, -0.15) is 0 Å². The Morgan fingerprint density at radius 1 is 0.559 bits per heavy atom. The molecule has 0 saturated heterocycles. The Kier molecular flexibility index (Phi) is 16.5. The van der Waals surface area contributed by atoms with Gasteiger partial charge in [0.1, 0.15) is 11.5 Å². The number of rotatable bonds is 18. The summed E-state index contributed by atoms with van der Waals surface area (Å²) in [5.74, 6) is 1.77. The van der Waals surface area contributed by atoms with Crippen molar-refractivity contribution < 1.29 is 9.47 Å². The summed E-state index contributed by atoms with van der Waals surface area (Å²) < 4.78 is 11.7. The van der Waals surface area contributed by atoms with E-state index in [1.165, 1.54) is 62.5 Å². The number of hydrogen-bond donors (Lipinski definition) is 2. The summed E-state index contributed by atoms with van der Waals surface area (Å²) in [6.07, 6.45) is 12.9. The Hall–Kier alpha value is -1.75. The second kappa shape index (κ2) is 18.6. The minimum atomic E-state index is 0. The van der Waals surface area contributed by atoms with Crippen LogP contribution in [0.1, 0.15) is 108 Å². The molecule has 0 spiro atoms. The van der Waals surface area contributed by atoms with Gasteiger partial charge in [0.05, 0.1) is 13.2 Å². The van der Waals surface area contributed by atoms with Gasteiger partial charge >= 0.3 is 0 Å². The summed E-state index contributed by atoms with van der Waals surface area (Å²) >= 11 is 0. The molecule has 2 unspecified atom stereocenters. The molecule has 0 bridgehead atoms. The van der Waals surface area contributed by atoms with Gasteiger partial charge in [-0.05, 0) is 48.2 Å². The molecule has 0 aliphatic heterocycles. The lowest BCUT2D eigenvalue weighted by Gasteiger charge is -2.14. The molecule has 0 heterocycles. The van der Waals surface area contributed by atoms with Crippen LogP contribution in [-0.4, -0.2) is 13.2 Å². The molecule has 0 amide bonds. The highest BCUT2D eigenvalue weighted by Crippen LogP contribution is 2.22. The number of unbranched alkanes of at least 4 members (excludes halogenated alkanes) is 6. The second-order valence-corrected chi connectivity index (χ2v) is 9.10. The molecule has 0 aliphatic carbocycles. The van der Waals surface area contributed by atoms with E-state index >= 15 is 0 Å². The molecule has 0 aliphatic rings. The van der Waals surface area contributed by atoms with Crippen LogP contribution < -0.4 is 20.9 Å². The monoisotopic (exact) mass is 490 g/mol. The van der Waals surface area contributed by atoms with Gasteiger partial charge in [0.25, 0.3) is 0 Å². The minimum Gasteiger partial charge on any atom is -0.493 e. The van der Waals surface area contributed by atoms with E-state index in [9.17, 15) is 0 Å². The van der Waals surface area contributed by atoms with Gasteiger partial charge in [0.2, 0.25) is 0 Å². The van der Waals surface area contributed by atoms with E-state index in [2.05, 4.69) is 38.1 Å². The average molecular weight is 491 g/mol. The van der Waals surface area contributed by atoms with Crippen LogP contribution in [0.25, 0.3) is 0 Å². The van der Waals surface area contributed by atoms with Crippen LogP contribution in [-0.2, 0) is 0 Å². The average Bonchev–Trinajstić information content (AvgIpc) is 2.85. The first kappa shape index (κ1) is 30.3. The van der Waals surface area contributed by atoms with Gasteiger partial charge in [-0.25, -0.2) is 0 Å². The van der Waals surface area contributed by atoms with Crippen LogP contribution in [0.15, 0.2) is 48.5 Å². The Balaban J connectivity index is 0.00000578. The van der Waals surface area contributed by atoms with Crippen molar-refractivity contribution in [1.82, 2.24) is 0 Å². The van der Waals surface area contributed by atoms with Crippen molar-refractivity contribution in [2.75, 3.05) is 13.2 Å². The molecule has 2 aromatic carbocycles. The van der Waals surface area contributed by atoms with Crippen molar-refractivity contribution >= 4 is 12.4 Å². The number of hydrogen-bond acceptors (Lipinski definition) is 4. The van der Waals surface area contributed by atoms with Crippen molar-refractivity contribution in [3.05, 3.63) is 59.7 Å². The highest BCUT2D eigenvalue weighted by molar-refractivity contribution is 5.85. The quantitative estimate of drug-likeness (QED) is 0.208. The fraction of sp³-hybridized carbons (Fsp3) is 0.586. The Morgan fingerprint density at radius 3 is 1.29 bits per heavy atom. The van der Waals surface area contributed by atoms with Crippen LogP contribution in [0.4, 0.5) is 0 Å². The molecule has 0 fully saturated rings. The zero-order valence-electron chi connectivity index (χ0n) is 21.3. The number of nitrogens with two attached hydrogens (primary N) is 2. The van der Waals surface area contributed by atoms with Gasteiger partial charge in [-0.1, -0.05) is 89.5 Å². The molecule has 4 nitrogen and oxygen atoms in total. The lowest BCUT2D eigenvalue weighted by Crippen LogP contribution is -2.10. The topological polar surface area (TPSA) is 70.5 Å². The summed E-state index contributed by atoms with van der Waals surface area (Å²) in [6, 6.07) is 16.7. The first-order chi connectivity index (χ1) is 16.1. The maximum Gasteiger partial charge on any atom is 0.119 e. The third-order valence-corrected chi connectivity index (χ3v) is 6.18. The van der Waals surface area contributed by atoms with Crippen LogP contribution in [0.3, 0.4) is 0 Å². The van der Waals surface area contributed by atoms with E-state index in [-0.39, 0.29) is 24.5 Å². The van der Waals surface area contributed by atoms with E-state index in [4.69, 9.17) is 20.9 Å². The van der Waals surface area contributed by atoms with Crippen molar-refractivity contribution in [1.29, 1.82) is 0 Å². The van der Waals surface area contributed by atoms with E-state index in [0.29, 0.717) is 13.2 Å². The largest absolute Gasteiger partial charge is 0.493 e. The Morgan fingerprint density at radius 2 is 0.941 bits per heavy atom. The molecule has 5 heteroatoms. The molecule has 0 saturated carbocycles. The molecule has 4 N–H and O–H groups in total. The zero-order valence-corrected chi connectivity index (χ0v) is 22.2. The van der Waals surface area contributed by atoms with Gasteiger partial charge in [0.15, 0.2) is 0 Å². The molecular weight excluding hydrogens is 444 g/mol. The summed E-state index contributed by atoms with van der Waals surface area (Å²) in [5.41, 5.74) is 15.0. The highest BCUT2D eigenvalue weighted by atomic mass is 35.5. The van der Waals surface area contributed by atoms with Crippen LogP contribution >= 0.6 is 12.4 Å². The van der Waals surface area contributed by atoms with Gasteiger partial charge in [-0.3, -0.25) is 0 Å². The number of ether oxygens (including phenoxy) is 2. The molecule has 192 valence electrons. The second-order valence-electron chi connectivity index (χ2n) is 9.10. The van der Waals surface area contributed by atoms with Crippen molar-refractivity contribution in [3.63, 3.8) is 0 Å². The van der Waals surface area contributed by atoms with Gasteiger partial charge in [-0.15, -0.1) is 12.4 Å². The predicted molar refractivity (Wildman–Crippen MR) is 147 cm³/mol. The molecule has 0 aromatic heterocycles. The van der Waals surface area contributed by atoms with Crippen molar-refractivity contribution in [3.8, 4) is 11.5 Å². The summed E-state index contributed by atoms with van der Waals surface area (Å²) in [7, 11) is 0. The van der Waals surface area contributed by atoms with Gasteiger partial charge in [0, 0.05) is 18.5 Å². The summed E-state index contributed by atoms with van der Waals surface area (Å²) in [4.78, 5) is 0. The molecule has 34 heavy (non-hydrogen) atoms. The molecule has 2 aromatic rings. The zero-order chi connectivity index (χ0) is 23.7. The Bertz CT molecular complexity index is 673. The number of halogens is 1. The first-order valence-electron chi connectivity index (χ1n) is 13.1. The fourth-order valence-corrected chi connectivity index (χ4v) is 3.98. The van der Waals surface area contributed by atoms with Gasteiger partial charge < -0.3 is 20.9 Å². The summed E-state index contributed by atoms with van der Waals surface area (Å²) in [6.45, 7) is 5.72. The van der Waals surface area contributed by atoms with Crippen LogP contribution in [0, 0.1) is 0 Å². The molecule has 2 rings (SSSR count). The number of benzene rings is 2. The maximum atomic E-state index is 6.32. The predicted octanol–water partition coefficient (Wildman–Crippen LogP) is 7.90. The molecule has 0 radical (unpaired) electrons. The van der Waals surface area contributed by atoms with E-state index in [1.54, 1.807) is 0 Å². The van der Waals surface area contributed by atoms with Crippen LogP contribution in [0.5, 0.6) is 11.5 Å². The van der Waals surface area contributed by atoms with Crippen molar-refractivity contribution in [2.24, 2.45) is 11.5 Å². The molecular formula is C29H47ClN2O2. The van der Waals surface area contributed by atoms with Crippen molar-refractivity contribution in [2.45, 2.75) is 96.6 Å². The van der Waals surface area contributed by atoms with E-state index in [1.807, 2.05) is 24.3 Å². The third kappa shape index (κ3) is 12.1. The first-order valence-corrected chi connectivity index (χ1v) is 13.1. The Labute approximate surface area is 214 Å². The SMILES string of the molecule is CCCCCCC(N)c1ccc(OCCCOc2ccc(C(N)CCCCCC)cc2)cc1.Cl. The fourth-order valence-electron chi connectivity index (χ4n) is 3.98. The van der Waals surface area contributed by atoms with Crippen LogP contribution in [0.2, 0.25) is 0 Å². The third-order valence-electron chi connectivity index (χ3n) is 6.18. The molecule has 2 atom stereocenters. The highest BCUT2D eigenvalue weighted by Gasteiger charge is 2.07. The van der Waals surface area contributed by atoms with E-state index in [0.717, 1.165) is 30.8 Å². The lowest BCUT2D eigenvalue weighted by molar-refractivity contribution is 0.247. The smallest absolute Gasteiger partial charge is 0.119 e.